The summed E-state index contributed by atoms with van der Waals surface area (Å²) in [6.45, 7) is 18.0. The summed E-state index contributed by atoms with van der Waals surface area (Å²) in [6, 6.07) is -0.531. The summed E-state index contributed by atoms with van der Waals surface area (Å²) >= 11 is 0. The van der Waals surface area contributed by atoms with Crippen LogP contribution < -0.4 is 22.5 Å². The third-order valence-corrected chi connectivity index (χ3v) is 5.52. The second-order valence-corrected chi connectivity index (χ2v) is 9.48. The molecule has 1 aliphatic rings. The number of hydrogen-bond acceptors (Lipinski definition) is 6. The van der Waals surface area contributed by atoms with E-state index in [9.17, 15) is 14.4 Å². The molecule has 1 rings (SSSR count). The van der Waals surface area contributed by atoms with E-state index in [2.05, 4.69) is 43.5 Å². The fourth-order valence-corrected chi connectivity index (χ4v) is 3.32. The highest BCUT2D eigenvalue weighted by atomic mass is 16.3. The van der Waals surface area contributed by atoms with Gasteiger partial charge in [-0.15, -0.1) is 0 Å². The number of amides is 2. The van der Waals surface area contributed by atoms with Crippen molar-refractivity contribution < 1.29 is 19.5 Å². The molecule has 226 valence electrons. The van der Waals surface area contributed by atoms with Crippen molar-refractivity contribution in [1.29, 1.82) is 0 Å². The number of hydrogen-bond donors (Lipinski definition) is 5. The summed E-state index contributed by atoms with van der Waals surface area (Å²) in [7, 11) is 0. The number of rotatable bonds is 13. The molecule has 8 heteroatoms. The van der Waals surface area contributed by atoms with Crippen LogP contribution in [0.4, 0.5) is 0 Å². The molecule has 0 aliphatic heterocycles. The molecule has 0 heterocycles. The van der Waals surface area contributed by atoms with Gasteiger partial charge in [0.05, 0.1) is 24.5 Å². The monoisotopic (exact) mass is 550 g/mol. The van der Waals surface area contributed by atoms with Crippen LogP contribution >= 0.6 is 0 Å². The highest BCUT2D eigenvalue weighted by molar-refractivity contribution is 5.90. The van der Waals surface area contributed by atoms with Crippen molar-refractivity contribution in [1.82, 2.24) is 5.32 Å². The van der Waals surface area contributed by atoms with E-state index in [-0.39, 0.29) is 35.9 Å². The van der Waals surface area contributed by atoms with Gasteiger partial charge in [0.2, 0.25) is 11.8 Å². The summed E-state index contributed by atoms with van der Waals surface area (Å²) in [5.41, 5.74) is 18.8. The van der Waals surface area contributed by atoms with Crippen molar-refractivity contribution >= 4 is 17.6 Å². The molecule has 0 spiro atoms. The summed E-state index contributed by atoms with van der Waals surface area (Å²) in [5, 5.41) is 11.6. The quantitative estimate of drug-likeness (QED) is 0.229. The molecular formula is C31H58N4O4. The molecule has 3 unspecified atom stereocenters. The second kappa shape index (κ2) is 25.7. The van der Waals surface area contributed by atoms with Crippen molar-refractivity contribution in [3.63, 3.8) is 0 Å². The molecule has 1 aliphatic carbocycles. The highest BCUT2D eigenvalue weighted by Crippen LogP contribution is 2.20. The topological polar surface area (TPSA) is 162 Å². The number of aliphatic hydroxyl groups excluding tert-OH is 1. The number of carbonyl (C=O) groups excluding carboxylic acids is 3. The molecule has 0 fully saturated rings. The van der Waals surface area contributed by atoms with E-state index in [0.717, 1.165) is 6.42 Å². The van der Waals surface area contributed by atoms with Crippen molar-refractivity contribution in [2.24, 2.45) is 35.0 Å². The first-order valence-electron chi connectivity index (χ1n) is 14.4. The first-order chi connectivity index (χ1) is 18.4. The van der Waals surface area contributed by atoms with Gasteiger partial charge in [-0.3, -0.25) is 14.4 Å². The number of allylic oxidation sites excluding steroid dienone is 8. The van der Waals surface area contributed by atoms with E-state index < -0.39 is 12.1 Å². The van der Waals surface area contributed by atoms with E-state index in [0.29, 0.717) is 31.8 Å². The maximum atomic E-state index is 11.7. The summed E-state index contributed by atoms with van der Waals surface area (Å²) in [4.78, 5) is 34.4. The first kappa shape index (κ1) is 40.9. The molecular weight excluding hydrogens is 492 g/mol. The molecule has 0 aromatic carbocycles. The number of aliphatic hydroxyl groups is 1. The zero-order valence-electron chi connectivity index (χ0n) is 26.0. The molecule has 0 aromatic rings. The Hall–Kier alpha value is -2.55. The van der Waals surface area contributed by atoms with Gasteiger partial charge in [0, 0.05) is 12.5 Å². The van der Waals surface area contributed by atoms with Gasteiger partial charge >= 0.3 is 0 Å². The molecule has 0 aromatic heterocycles. The van der Waals surface area contributed by atoms with Gasteiger partial charge in [-0.2, -0.15) is 0 Å². The minimum Gasteiger partial charge on any atom is -0.393 e. The van der Waals surface area contributed by atoms with Crippen molar-refractivity contribution in [2.45, 2.75) is 100 Å². The molecule has 3 atom stereocenters. The zero-order chi connectivity index (χ0) is 31.0. The molecule has 8 N–H and O–H groups in total. The van der Waals surface area contributed by atoms with E-state index in [4.69, 9.17) is 22.3 Å². The highest BCUT2D eigenvalue weighted by Gasteiger charge is 2.22. The normalized spacial score (nSPS) is 15.6. The average Bonchev–Trinajstić information content (AvgIpc) is 2.90. The number of nitrogens with one attached hydrogen (secondary N) is 1. The number of ketones is 1. The van der Waals surface area contributed by atoms with E-state index >= 15 is 0 Å². The smallest absolute Gasteiger partial charge is 0.223 e. The van der Waals surface area contributed by atoms with E-state index in [1.807, 2.05) is 39.8 Å². The Morgan fingerprint density at radius 2 is 1.56 bits per heavy atom. The van der Waals surface area contributed by atoms with Gasteiger partial charge in [0.25, 0.3) is 0 Å². The molecule has 0 radical (unpaired) electrons. The lowest BCUT2D eigenvalue weighted by molar-refractivity contribution is -0.130. The largest absolute Gasteiger partial charge is 0.393 e. The second-order valence-electron chi connectivity index (χ2n) is 9.48. The van der Waals surface area contributed by atoms with Crippen LogP contribution in [0, 0.1) is 17.8 Å². The van der Waals surface area contributed by atoms with Crippen LogP contribution in [0.2, 0.25) is 0 Å². The fourth-order valence-electron chi connectivity index (χ4n) is 3.32. The number of nitrogens with two attached hydrogens (primary N) is 3. The minimum absolute atomic E-state index is 0.00640. The van der Waals surface area contributed by atoms with Crippen LogP contribution in [0.1, 0.15) is 88.0 Å². The SMILES string of the molecule is CC.CC.CC(C)/C(=C\C=C1\C=CC=CC1)CC(CN)C(N)=O.CC(O)CC(=O)NC(CCN)C(=O)C(C)C. The maximum Gasteiger partial charge on any atom is 0.223 e. The van der Waals surface area contributed by atoms with E-state index in [1.54, 1.807) is 13.8 Å². The first-order valence-corrected chi connectivity index (χ1v) is 14.4. The van der Waals surface area contributed by atoms with Crippen LogP contribution in [0.25, 0.3) is 0 Å². The Morgan fingerprint density at radius 3 is 1.95 bits per heavy atom. The van der Waals surface area contributed by atoms with Gasteiger partial charge in [-0.1, -0.05) is 97.4 Å². The lowest BCUT2D eigenvalue weighted by Crippen LogP contribution is -2.44. The molecule has 0 saturated carbocycles. The summed E-state index contributed by atoms with van der Waals surface area (Å²) < 4.78 is 0. The van der Waals surface area contributed by atoms with Crippen LogP contribution in [-0.2, 0) is 14.4 Å². The lowest BCUT2D eigenvalue weighted by Gasteiger charge is -2.19. The van der Waals surface area contributed by atoms with Gasteiger partial charge < -0.3 is 27.6 Å². The molecule has 8 nitrogen and oxygen atoms in total. The predicted molar refractivity (Wildman–Crippen MR) is 165 cm³/mol. The molecule has 39 heavy (non-hydrogen) atoms. The standard InChI is InChI=1S/C16H24N2O.C11H22N2O3.2C2H6/c1-12(2)14(10-15(11-17)16(18)19)9-8-13-6-4-3-5-7-13;1-7(2)11(16)9(4-5-12)13-10(15)6-8(3)14;2*1-2/h3-6,8-9,12,15H,7,10-11,17H2,1-2H3,(H2,18,19);7-9,14H,4-6,12H2,1-3H3,(H,13,15);2*1-2H3/b13-8-,14-9-;;;. The summed E-state index contributed by atoms with van der Waals surface area (Å²) in [6.07, 6.45) is 13.9. The average molecular weight is 551 g/mol. The van der Waals surface area contributed by atoms with Crippen molar-refractivity contribution in [3.05, 3.63) is 47.6 Å². The van der Waals surface area contributed by atoms with Crippen molar-refractivity contribution in [3.8, 4) is 0 Å². The van der Waals surface area contributed by atoms with Crippen molar-refractivity contribution in [2.75, 3.05) is 13.1 Å². The van der Waals surface area contributed by atoms with Crippen LogP contribution in [-0.4, -0.2) is 47.9 Å². The van der Waals surface area contributed by atoms with E-state index in [1.165, 1.54) is 18.1 Å². The number of Topliss-reactive ketones (excluding diaryl/α,β-unsaturated/α-hetero) is 1. The third kappa shape index (κ3) is 21.0. The Labute approximate surface area is 238 Å². The zero-order valence-corrected chi connectivity index (χ0v) is 26.0. The molecule has 0 bridgehead atoms. The van der Waals surface area contributed by atoms with Crippen LogP contribution in [0.5, 0.6) is 0 Å². The maximum absolute atomic E-state index is 11.7. The predicted octanol–water partition coefficient (Wildman–Crippen LogP) is 4.33. The van der Waals surface area contributed by atoms with Gasteiger partial charge in [-0.05, 0) is 44.2 Å². The Kier molecular flexibility index (Phi) is 27.0. The Bertz CT molecular complexity index is 796. The Balaban J connectivity index is -0.000000596. The number of carbonyl (C=O) groups is 3. The molecule has 0 saturated heterocycles. The van der Waals surface area contributed by atoms with Crippen LogP contribution in [0.15, 0.2) is 47.6 Å². The third-order valence-electron chi connectivity index (χ3n) is 5.52. The molecule has 2 amide bonds. The Morgan fingerprint density at radius 1 is 0.974 bits per heavy atom. The van der Waals surface area contributed by atoms with Gasteiger partial charge in [0.1, 0.15) is 0 Å². The van der Waals surface area contributed by atoms with Crippen LogP contribution in [0.3, 0.4) is 0 Å². The fraction of sp³-hybridized carbons (Fsp3) is 0.645. The number of primary amides is 1. The summed E-state index contributed by atoms with van der Waals surface area (Å²) in [5.74, 6) is -0.681. The van der Waals surface area contributed by atoms with Gasteiger partial charge in [0.15, 0.2) is 5.78 Å². The lowest BCUT2D eigenvalue weighted by atomic mass is 9.91. The minimum atomic E-state index is -0.701. The van der Waals surface area contributed by atoms with Gasteiger partial charge in [-0.25, -0.2) is 0 Å².